The number of rotatable bonds is 5. The van der Waals surface area contributed by atoms with Crippen LogP contribution in [0.2, 0.25) is 0 Å². The summed E-state index contributed by atoms with van der Waals surface area (Å²) in [7, 11) is 0. The van der Waals surface area contributed by atoms with Crippen molar-refractivity contribution in [1.29, 1.82) is 0 Å². The fourth-order valence-electron chi connectivity index (χ4n) is 1.72. The van der Waals surface area contributed by atoms with E-state index in [1.165, 1.54) is 19.3 Å². The number of hydrogen-bond donors (Lipinski definition) is 1. The summed E-state index contributed by atoms with van der Waals surface area (Å²) in [5.41, 5.74) is 0.122. The van der Waals surface area contributed by atoms with Gasteiger partial charge in [-0.1, -0.05) is 13.8 Å². The van der Waals surface area contributed by atoms with Crippen LogP contribution < -0.4 is 5.32 Å². The van der Waals surface area contributed by atoms with Crippen LogP contribution in [0.4, 0.5) is 0 Å². The lowest BCUT2D eigenvalue weighted by molar-refractivity contribution is 0.0209. The minimum absolute atomic E-state index is 0.122. The normalized spacial score (nSPS) is 28.6. The molecule has 0 bridgehead atoms. The van der Waals surface area contributed by atoms with Gasteiger partial charge in [-0.25, -0.2) is 0 Å². The lowest BCUT2D eigenvalue weighted by Crippen LogP contribution is -2.37. The summed E-state index contributed by atoms with van der Waals surface area (Å²) < 4.78 is 5.68. The predicted octanol–water partition coefficient (Wildman–Crippen LogP) is 2.19. The van der Waals surface area contributed by atoms with Crippen LogP contribution in [0.3, 0.4) is 0 Å². The molecule has 78 valence electrons. The summed E-state index contributed by atoms with van der Waals surface area (Å²) in [5.74, 6) is 0.796. The molecule has 0 aromatic rings. The van der Waals surface area contributed by atoms with Crippen LogP contribution in [0, 0.1) is 5.92 Å². The summed E-state index contributed by atoms with van der Waals surface area (Å²) in [6, 6.07) is 0. The fourth-order valence-corrected chi connectivity index (χ4v) is 1.72. The van der Waals surface area contributed by atoms with E-state index in [0.717, 1.165) is 25.6 Å². The van der Waals surface area contributed by atoms with E-state index in [2.05, 4.69) is 26.1 Å². The first-order chi connectivity index (χ1) is 6.12. The van der Waals surface area contributed by atoms with Crippen LogP contribution in [0.1, 0.15) is 40.0 Å². The van der Waals surface area contributed by atoms with Crippen molar-refractivity contribution in [3.05, 3.63) is 0 Å². The summed E-state index contributed by atoms with van der Waals surface area (Å²) in [6.45, 7) is 9.81. The third kappa shape index (κ3) is 4.10. The molecule has 1 aliphatic heterocycles. The van der Waals surface area contributed by atoms with Crippen LogP contribution in [0.15, 0.2) is 0 Å². The maximum Gasteiger partial charge on any atom is 0.0779 e. The van der Waals surface area contributed by atoms with Crippen molar-refractivity contribution in [2.24, 2.45) is 5.92 Å². The Morgan fingerprint density at radius 3 is 2.77 bits per heavy atom. The van der Waals surface area contributed by atoms with Gasteiger partial charge in [0.25, 0.3) is 0 Å². The first-order valence-electron chi connectivity index (χ1n) is 5.47. The second-order valence-corrected chi connectivity index (χ2v) is 4.76. The smallest absolute Gasteiger partial charge is 0.0779 e. The highest BCUT2D eigenvalue weighted by atomic mass is 16.5. The van der Waals surface area contributed by atoms with Gasteiger partial charge in [-0.05, 0) is 38.6 Å². The molecule has 1 N–H and O–H groups in total. The van der Waals surface area contributed by atoms with Crippen LogP contribution in [-0.4, -0.2) is 25.3 Å². The largest absolute Gasteiger partial charge is 0.374 e. The molecule has 1 rings (SSSR count). The van der Waals surface area contributed by atoms with Crippen molar-refractivity contribution in [2.45, 2.75) is 45.6 Å². The van der Waals surface area contributed by atoms with Crippen molar-refractivity contribution in [1.82, 2.24) is 5.32 Å². The van der Waals surface area contributed by atoms with Crippen LogP contribution >= 0.6 is 0 Å². The highest BCUT2D eigenvalue weighted by molar-refractivity contribution is 4.82. The van der Waals surface area contributed by atoms with Crippen LogP contribution in [0.5, 0.6) is 0 Å². The van der Waals surface area contributed by atoms with Gasteiger partial charge in [0.15, 0.2) is 0 Å². The first-order valence-corrected chi connectivity index (χ1v) is 5.47. The molecule has 0 saturated carbocycles. The molecule has 1 saturated heterocycles. The summed E-state index contributed by atoms with van der Waals surface area (Å²) in [6.07, 6.45) is 3.69. The van der Waals surface area contributed by atoms with E-state index in [1.54, 1.807) is 0 Å². The van der Waals surface area contributed by atoms with E-state index in [9.17, 15) is 0 Å². The lowest BCUT2D eigenvalue weighted by Gasteiger charge is -2.23. The Morgan fingerprint density at radius 2 is 2.23 bits per heavy atom. The Hall–Kier alpha value is -0.0800. The molecule has 0 aliphatic carbocycles. The third-order valence-electron chi connectivity index (χ3n) is 2.70. The molecule has 1 atom stereocenters. The lowest BCUT2D eigenvalue weighted by atomic mass is 10.0. The first kappa shape index (κ1) is 11.0. The number of nitrogens with one attached hydrogen (secondary N) is 1. The Morgan fingerprint density at radius 1 is 1.46 bits per heavy atom. The van der Waals surface area contributed by atoms with Crippen molar-refractivity contribution in [3.8, 4) is 0 Å². The molecule has 1 heterocycles. The third-order valence-corrected chi connectivity index (χ3v) is 2.70. The van der Waals surface area contributed by atoms with Crippen molar-refractivity contribution < 1.29 is 4.74 Å². The van der Waals surface area contributed by atoms with Gasteiger partial charge >= 0.3 is 0 Å². The van der Waals surface area contributed by atoms with E-state index in [4.69, 9.17) is 4.74 Å². The Balaban J connectivity index is 2.04. The van der Waals surface area contributed by atoms with Gasteiger partial charge in [0, 0.05) is 13.2 Å². The molecule has 0 aromatic heterocycles. The molecule has 0 amide bonds. The second-order valence-electron chi connectivity index (χ2n) is 4.76. The van der Waals surface area contributed by atoms with Gasteiger partial charge in [-0.2, -0.15) is 0 Å². The van der Waals surface area contributed by atoms with Crippen LogP contribution in [0.25, 0.3) is 0 Å². The molecule has 1 aliphatic rings. The van der Waals surface area contributed by atoms with Gasteiger partial charge in [-0.3, -0.25) is 0 Å². The quantitative estimate of drug-likeness (QED) is 0.663. The monoisotopic (exact) mass is 185 g/mol. The van der Waals surface area contributed by atoms with Crippen molar-refractivity contribution in [3.63, 3.8) is 0 Å². The minimum Gasteiger partial charge on any atom is -0.374 e. The predicted molar refractivity (Wildman–Crippen MR) is 55.9 cm³/mol. The molecule has 1 fully saturated rings. The van der Waals surface area contributed by atoms with Gasteiger partial charge in [0.2, 0.25) is 0 Å². The standard InChI is InChI=1S/C11H23NO/c1-10(2)5-7-12-9-11(3)6-4-8-13-11/h10,12H,4-9H2,1-3H3. The maximum absolute atomic E-state index is 5.68. The molecular formula is C11H23NO. The topological polar surface area (TPSA) is 21.3 Å². The zero-order valence-corrected chi connectivity index (χ0v) is 9.23. The molecule has 2 heteroatoms. The van der Waals surface area contributed by atoms with E-state index in [0.29, 0.717) is 0 Å². The minimum atomic E-state index is 0.122. The Kier molecular flexibility index (Phi) is 4.20. The average Bonchev–Trinajstić information content (AvgIpc) is 2.47. The zero-order valence-electron chi connectivity index (χ0n) is 9.23. The summed E-state index contributed by atoms with van der Waals surface area (Å²) in [5, 5.41) is 3.47. The van der Waals surface area contributed by atoms with E-state index in [-0.39, 0.29) is 5.60 Å². The highest BCUT2D eigenvalue weighted by Gasteiger charge is 2.28. The van der Waals surface area contributed by atoms with Crippen molar-refractivity contribution in [2.75, 3.05) is 19.7 Å². The molecule has 0 spiro atoms. The fraction of sp³-hybridized carbons (Fsp3) is 1.00. The summed E-state index contributed by atoms with van der Waals surface area (Å²) >= 11 is 0. The molecule has 13 heavy (non-hydrogen) atoms. The molecular weight excluding hydrogens is 162 g/mol. The van der Waals surface area contributed by atoms with Gasteiger partial charge < -0.3 is 10.1 Å². The molecule has 0 radical (unpaired) electrons. The van der Waals surface area contributed by atoms with Gasteiger partial charge in [0.05, 0.1) is 5.60 Å². The van der Waals surface area contributed by atoms with Crippen molar-refractivity contribution >= 4 is 0 Å². The highest BCUT2D eigenvalue weighted by Crippen LogP contribution is 2.23. The van der Waals surface area contributed by atoms with Gasteiger partial charge in [0.1, 0.15) is 0 Å². The SMILES string of the molecule is CC(C)CCNCC1(C)CCCO1. The van der Waals surface area contributed by atoms with E-state index >= 15 is 0 Å². The number of ether oxygens (including phenoxy) is 1. The molecule has 2 nitrogen and oxygen atoms in total. The molecule has 1 unspecified atom stereocenters. The second kappa shape index (κ2) is 4.97. The van der Waals surface area contributed by atoms with E-state index < -0.39 is 0 Å². The number of hydrogen-bond acceptors (Lipinski definition) is 2. The van der Waals surface area contributed by atoms with E-state index in [1.807, 2.05) is 0 Å². The average molecular weight is 185 g/mol. The maximum atomic E-state index is 5.68. The Bertz CT molecular complexity index is 139. The Labute approximate surface area is 82.0 Å². The van der Waals surface area contributed by atoms with Gasteiger partial charge in [-0.15, -0.1) is 0 Å². The summed E-state index contributed by atoms with van der Waals surface area (Å²) in [4.78, 5) is 0. The molecule has 0 aromatic carbocycles. The van der Waals surface area contributed by atoms with Crippen LogP contribution in [-0.2, 0) is 4.74 Å². The zero-order chi connectivity index (χ0) is 9.73.